The van der Waals surface area contributed by atoms with Gasteiger partial charge in [0.25, 0.3) is 0 Å². The minimum Gasteiger partial charge on any atom is -0.316 e. The lowest BCUT2D eigenvalue weighted by Gasteiger charge is -2.28. The monoisotopic (exact) mass is 199 g/mol. The molecule has 0 aliphatic rings. The van der Waals surface area contributed by atoms with Crippen LogP contribution in [0.2, 0.25) is 0 Å². The van der Waals surface area contributed by atoms with Crippen LogP contribution < -0.4 is 5.32 Å². The Morgan fingerprint density at radius 2 is 1.50 bits per heavy atom. The van der Waals surface area contributed by atoms with Gasteiger partial charge in [0.15, 0.2) is 0 Å². The first-order chi connectivity index (χ1) is 6.41. The highest BCUT2D eigenvalue weighted by Gasteiger charge is 2.19. The second kappa shape index (κ2) is 6.44. The lowest BCUT2D eigenvalue weighted by Crippen LogP contribution is -2.32. The maximum Gasteiger partial charge on any atom is -0.00180 e. The fourth-order valence-corrected chi connectivity index (χ4v) is 1.39. The summed E-state index contributed by atoms with van der Waals surface area (Å²) in [6.45, 7) is 16.2. The zero-order chi connectivity index (χ0) is 11.2. The predicted molar refractivity (Wildman–Crippen MR) is 65.6 cm³/mol. The molecule has 0 bridgehead atoms. The van der Waals surface area contributed by atoms with Crippen LogP contribution in [0.1, 0.15) is 54.4 Å². The average Bonchev–Trinajstić information content (AvgIpc) is 2.10. The van der Waals surface area contributed by atoms with Crippen molar-refractivity contribution in [2.75, 3.05) is 13.1 Å². The van der Waals surface area contributed by atoms with Crippen molar-refractivity contribution in [3.05, 3.63) is 0 Å². The summed E-state index contributed by atoms with van der Waals surface area (Å²) in [4.78, 5) is 0. The van der Waals surface area contributed by atoms with E-state index >= 15 is 0 Å². The van der Waals surface area contributed by atoms with E-state index < -0.39 is 0 Å². The number of hydrogen-bond donors (Lipinski definition) is 1. The fourth-order valence-electron chi connectivity index (χ4n) is 1.39. The van der Waals surface area contributed by atoms with E-state index in [1.165, 1.54) is 19.4 Å². The van der Waals surface area contributed by atoms with Gasteiger partial charge in [-0.1, -0.05) is 54.4 Å². The summed E-state index contributed by atoms with van der Waals surface area (Å²) in [5, 5.41) is 3.59. The second-order valence-electron chi connectivity index (χ2n) is 5.61. The van der Waals surface area contributed by atoms with E-state index in [-0.39, 0.29) is 0 Å². The van der Waals surface area contributed by atoms with Gasteiger partial charge in [0.05, 0.1) is 0 Å². The maximum absolute atomic E-state index is 3.59. The molecule has 0 aromatic rings. The molecule has 1 N–H and O–H groups in total. The molecule has 1 heteroatoms. The minimum atomic E-state index is 0.431. The molecule has 0 aliphatic heterocycles. The Morgan fingerprint density at radius 1 is 1.00 bits per heavy atom. The van der Waals surface area contributed by atoms with Crippen molar-refractivity contribution in [2.24, 2.45) is 17.3 Å². The van der Waals surface area contributed by atoms with E-state index in [4.69, 9.17) is 0 Å². The van der Waals surface area contributed by atoms with Crippen molar-refractivity contribution in [3.63, 3.8) is 0 Å². The number of hydrogen-bond acceptors (Lipinski definition) is 1. The van der Waals surface area contributed by atoms with Crippen LogP contribution in [0.4, 0.5) is 0 Å². The second-order valence-corrected chi connectivity index (χ2v) is 5.61. The van der Waals surface area contributed by atoms with Gasteiger partial charge >= 0.3 is 0 Å². The maximum atomic E-state index is 3.59. The first-order valence-corrected chi connectivity index (χ1v) is 6.12. The molecule has 86 valence electrons. The Labute approximate surface area is 90.7 Å². The summed E-state index contributed by atoms with van der Waals surface area (Å²) in [5.74, 6) is 1.61. The van der Waals surface area contributed by atoms with E-state index in [1.54, 1.807) is 0 Å². The zero-order valence-corrected chi connectivity index (χ0v) is 11.0. The molecule has 0 fully saturated rings. The van der Waals surface area contributed by atoms with Crippen LogP contribution in [-0.4, -0.2) is 13.1 Å². The van der Waals surface area contributed by atoms with Crippen molar-refractivity contribution in [1.29, 1.82) is 0 Å². The number of nitrogens with one attached hydrogen (secondary N) is 1. The molecule has 0 spiro atoms. The third-order valence-corrected chi connectivity index (χ3v) is 3.52. The molecular formula is C13H29N. The lowest BCUT2D eigenvalue weighted by atomic mass is 9.82. The van der Waals surface area contributed by atoms with E-state index in [2.05, 4.69) is 46.9 Å². The molecule has 0 aromatic carbocycles. The van der Waals surface area contributed by atoms with Gasteiger partial charge in [0.1, 0.15) is 0 Å². The Bertz CT molecular complexity index is 131. The third kappa shape index (κ3) is 5.64. The van der Waals surface area contributed by atoms with Gasteiger partial charge in [-0.15, -0.1) is 0 Å². The van der Waals surface area contributed by atoms with Gasteiger partial charge in [-0.05, 0) is 30.3 Å². The van der Waals surface area contributed by atoms with E-state index in [0.717, 1.165) is 18.4 Å². The summed E-state index contributed by atoms with van der Waals surface area (Å²) in [5.41, 5.74) is 0.431. The highest BCUT2D eigenvalue weighted by Crippen LogP contribution is 2.24. The zero-order valence-electron chi connectivity index (χ0n) is 11.0. The third-order valence-electron chi connectivity index (χ3n) is 3.52. The first kappa shape index (κ1) is 14.0. The fraction of sp³-hybridized carbons (Fsp3) is 1.00. The van der Waals surface area contributed by atoms with Crippen LogP contribution in [0.3, 0.4) is 0 Å². The van der Waals surface area contributed by atoms with Crippen LogP contribution >= 0.6 is 0 Å². The largest absolute Gasteiger partial charge is 0.316 e. The van der Waals surface area contributed by atoms with Crippen LogP contribution in [0.25, 0.3) is 0 Å². The predicted octanol–water partition coefficient (Wildman–Crippen LogP) is 3.69. The van der Waals surface area contributed by atoms with Crippen LogP contribution in [0.15, 0.2) is 0 Å². The quantitative estimate of drug-likeness (QED) is 0.688. The summed E-state index contributed by atoms with van der Waals surface area (Å²) < 4.78 is 0. The Morgan fingerprint density at radius 3 is 1.86 bits per heavy atom. The van der Waals surface area contributed by atoms with Crippen LogP contribution in [0, 0.1) is 17.3 Å². The lowest BCUT2D eigenvalue weighted by molar-refractivity contribution is 0.248. The highest BCUT2D eigenvalue weighted by atomic mass is 14.9. The van der Waals surface area contributed by atoms with Crippen molar-refractivity contribution < 1.29 is 0 Å². The molecule has 0 rings (SSSR count). The van der Waals surface area contributed by atoms with E-state index in [1.807, 2.05) is 0 Å². The molecule has 0 saturated heterocycles. The van der Waals surface area contributed by atoms with Crippen molar-refractivity contribution in [3.8, 4) is 0 Å². The molecular weight excluding hydrogens is 170 g/mol. The summed E-state index contributed by atoms with van der Waals surface area (Å²) in [6, 6.07) is 0. The molecule has 1 unspecified atom stereocenters. The van der Waals surface area contributed by atoms with Crippen LogP contribution in [-0.2, 0) is 0 Å². The van der Waals surface area contributed by atoms with Gasteiger partial charge < -0.3 is 5.32 Å². The molecule has 1 atom stereocenters. The molecule has 0 heterocycles. The molecule has 0 amide bonds. The Kier molecular flexibility index (Phi) is 6.43. The van der Waals surface area contributed by atoms with Crippen molar-refractivity contribution in [1.82, 2.24) is 5.32 Å². The molecule has 14 heavy (non-hydrogen) atoms. The number of rotatable bonds is 6. The summed E-state index contributed by atoms with van der Waals surface area (Å²) >= 11 is 0. The molecule has 0 radical (unpaired) electrons. The van der Waals surface area contributed by atoms with Gasteiger partial charge in [-0.25, -0.2) is 0 Å². The normalized spacial score (nSPS) is 14.8. The van der Waals surface area contributed by atoms with Crippen LogP contribution in [0.5, 0.6) is 0 Å². The SMILES string of the molecule is CCC(CC)CNCC(C)C(C)(C)C. The standard InChI is InChI=1S/C13H29N/c1-7-12(8-2)10-14-9-11(3)13(4,5)6/h11-12,14H,7-10H2,1-6H3. The molecule has 0 saturated carbocycles. The van der Waals surface area contributed by atoms with E-state index in [9.17, 15) is 0 Å². The highest BCUT2D eigenvalue weighted by molar-refractivity contribution is 4.72. The Balaban J connectivity index is 3.63. The molecule has 1 nitrogen and oxygen atoms in total. The minimum absolute atomic E-state index is 0.431. The van der Waals surface area contributed by atoms with Crippen molar-refractivity contribution >= 4 is 0 Å². The average molecular weight is 199 g/mol. The van der Waals surface area contributed by atoms with Gasteiger partial charge in [0.2, 0.25) is 0 Å². The van der Waals surface area contributed by atoms with Gasteiger partial charge in [0, 0.05) is 0 Å². The molecule has 0 aliphatic carbocycles. The van der Waals surface area contributed by atoms with Gasteiger partial charge in [-0.2, -0.15) is 0 Å². The summed E-state index contributed by atoms with van der Waals surface area (Å²) in [7, 11) is 0. The first-order valence-electron chi connectivity index (χ1n) is 6.12. The smallest absolute Gasteiger partial charge is 0.00180 e. The van der Waals surface area contributed by atoms with Gasteiger partial charge in [-0.3, -0.25) is 0 Å². The summed E-state index contributed by atoms with van der Waals surface area (Å²) in [6.07, 6.45) is 2.60. The Hall–Kier alpha value is -0.0400. The van der Waals surface area contributed by atoms with E-state index in [0.29, 0.717) is 5.41 Å². The van der Waals surface area contributed by atoms with Crippen molar-refractivity contribution in [2.45, 2.75) is 54.4 Å². The topological polar surface area (TPSA) is 12.0 Å². The molecule has 0 aromatic heterocycles.